The summed E-state index contributed by atoms with van der Waals surface area (Å²) in [6.45, 7) is 2.58. The Morgan fingerprint density at radius 2 is 1.81 bits per heavy atom. The molecule has 4 rings (SSSR count). The minimum absolute atomic E-state index is 0.00248. The number of carbonyl (C=O) groups excluding carboxylic acids is 1. The second kappa shape index (κ2) is 9.01. The van der Waals surface area contributed by atoms with Gasteiger partial charge in [-0.3, -0.25) is 9.69 Å². The van der Waals surface area contributed by atoms with Gasteiger partial charge < -0.3 is 10.1 Å². The lowest BCUT2D eigenvalue weighted by Crippen LogP contribution is -2.44. The predicted octanol–water partition coefficient (Wildman–Crippen LogP) is 4.65. The smallest absolute Gasteiger partial charge is 0.370 e. The van der Waals surface area contributed by atoms with E-state index in [9.17, 15) is 18.0 Å². The number of amides is 1. The first-order chi connectivity index (χ1) is 14.8. The Hall–Kier alpha value is -2.38. The molecule has 31 heavy (non-hydrogen) atoms. The van der Waals surface area contributed by atoms with Crippen molar-refractivity contribution >= 4 is 5.91 Å². The fourth-order valence-corrected chi connectivity index (χ4v) is 4.53. The first kappa shape index (κ1) is 21.8. The zero-order chi connectivity index (χ0) is 21.9. The number of carbonyl (C=O) groups is 1. The van der Waals surface area contributed by atoms with Gasteiger partial charge in [-0.25, -0.2) is 0 Å². The molecule has 2 aromatic carbocycles. The van der Waals surface area contributed by atoms with E-state index >= 15 is 0 Å². The fourth-order valence-electron chi connectivity index (χ4n) is 4.53. The van der Waals surface area contributed by atoms with Crippen molar-refractivity contribution in [1.29, 1.82) is 0 Å². The number of hydrogen-bond acceptors (Lipinski definition) is 3. The third-order valence-corrected chi connectivity index (χ3v) is 6.29. The van der Waals surface area contributed by atoms with E-state index in [1.807, 2.05) is 18.2 Å². The van der Waals surface area contributed by atoms with Gasteiger partial charge in [-0.15, -0.1) is 0 Å². The maximum Gasteiger partial charge on any atom is 0.416 e. The number of halogens is 3. The zero-order valence-electron chi connectivity index (χ0n) is 17.3. The van der Waals surface area contributed by atoms with E-state index in [4.69, 9.17) is 4.74 Å². The van der Waals surface area contributed by atoms with Gasteiger partial charge in [-0.2, -0.15) is 13.2 Å². The van der Waals surface area contributed by atoms with Gasteiger partial charge >= 0.3 is 6.18 Å². The highest BCUT2D eigenvalue weighted by molar-refractivity contribution is 5.94. The summed E-state index contributed by atoms with van der Waals surface area (Å²) in [7, 11) is 0. The van der Waals surface area contributed by atoms with Crippen molar-refractivity contribution in [2.24, 2.45) is 0 Å². The molecule has 1 spiro atoms. The van der Waals surface area contributed by atoms with Crippen LogP contribution in [-0.4, -0.2) is 42.1 Å². The van der Waals surface area contributed by atoms with E-state index in [1.165, 1.54) is 12.1 Å². The molecule has 2 aromatic rings. The van der Waals surface area contributed by atoms with Gasteiger partial charge in [0.2, 0.25) is 0 Å². The molecular formula is C24H27F3N2O2. The number of rotatable bonds is 5. The SMILES string of the molecule is O=C(NC[C@@H]1CCC2(CCN(Cc3cccc(C(F)(F)F)c3)CC2)O1)c1ccccc1. The summed E-state index contributed by atoms with van der Waals surface area (Å²) in [5.74, 6) is -0.0962. The number of nitrogens with zero attached hydrogens (tertiary/aromatic N) is 1. The first-order valence-electron chi connectivity index (χ1n) is 10.7. The van der Waals surface area contributed by atoms with Gasteiger partial charge in [-0.1, -0.05) is 36.4 Å². The number of nitrogens with one attached hydrogen (secondary N) is 1. The molecule has 4 nitrogen and oxygen atoms in total. The molecule has 0 aromatic heterocycles. The molecule has 0 radical (unpaired) electrons. The van der Waals surface area contributed by atoms with Gasteiger partial charge in [0.25, 0.3) is 5.91 Å². The fraction of sp³-hybridized carbons (Fsp3) is 0.458. The Morgan fingerprint density at radius 1 is 1.06 bits per heavy atom. The van der Waals surface area contributed by atoms with Gasteiger partial charge in [0.05, 0.1) is 17.3 Å². The average molecular weight is 432 g/mol. The van der Waals surface area contributed by atoms with Crippen LogP contribution in [0.4, 0.5) is 13.2 Å². The number of ether oxygens (including phenoxy) is 1. The minimum atomic E-state index is -4.31. The summed E-state index contributed by atoms with van der Waals surface area (Å²) in [6, 6.07) is 14.7. The van der Waals surface area contributed by atoms with Crippen LogP contribution in [0.2, 0.25) is 0 Å². The van der Waals surface area contributed by atoms with Gasteiger partial charge in [0.1, 0.15) is 0 Å². The molecule has 2 fully saturated rings. The Kier molecular flexibility index (Phi) is 6.34. The molecule has 1 atom stereocenters. The molecule has 2 aliphatic rings. The van der Waals surface area contributed by atoms with Gasteiger partial charge in [0, 0.05) is 31.7 Å². The summed E-state index contributed by atoms with van der Waals surface area (Å²) in [5, 5.41) is 2.96. The summed E-state index contributed by atoms with van der Waals surface area (Å²) in [5.41, 5.74) is 0.544. The van der Waals surface area contributed by atoms with Crippen LogP contribution in [0.3, 0.4) is 0 Å². The summed E-state index contributed by atoms with van der Waals surface area (Å²) < 4.78 is 45.2. The number of likely N-dealkylation sites (tertiary alicyclic amines) is 1. The van der Waals surface area contributed by atoms with Gasteiger partial charge in [-0.05, 0) is 49.4 Å². The van der Waals surface area contributed by atoms with E-state index in [0.717, 1.165) is 44.8 Å². The maximum atomic E-state index is 12.9. The molecule has 2 heterocycles. The second-order valence-electron chi connectivity index (χ2n) is 8.51. The van der Waals surface area contributed by atoms with Crippen molar-refractivity contribution in [3.05, 3.63) is 71.3 Å². The van der Waals surface area contributed by atoms with E-state index in [0.29, 0.717) is 24.2 Å². The van der Waals surface area contributed by atoms with Crippen LogP contribution in [0.15, 0.2) is 54.6 Å². The lowest BCUT2D eigenvalue weighted by atomic mass is 9.88. The molecule has 1 amide bonds. The third-order valence-electron chi connectivity index (χ3n) is 6.29. The van der Waals surface area contributed by atoms with Crippen LogP contribution in [0.5, 0.6) is 0 Å². The van der Waals surface area contributed by atoms with Gasteiger partial charge in [0.15, 0.2) is 0 Å². The third kappa shape index (κ3) is 5.46. The van der Waals surface area contributed by atoms with Crippen LogP contribution in [0, 0.1) is 0 Å². The first-order valence-corrected chi connectivity index (χ1v) is 10.7. The van der Waals surface area contributed by atoms with Crippen molar-refractivity contribution in [2.75, 3.05) is 19.6 Å². The highest BCUT2D eigenvalue weighted by atomic mass is 19.4. The quantitative estimate of drug-likeness (QED) is 0.748. The van der Waals surface area contributed by atoms with Crippen LogP contribution >= 0.6 is 0 Å². The normalized spacial score (nSPS) is 21.3. The van der Waals surface area contributed by atoms with Crippen LogP contribution in [0.25, 0.3) is 0 Å². The lowest BCUT2D eigenvalue weighted by molar-refractivity contribution is -0.137. The number of benzene rings is 2. The van der Waals surface area contributed by atoms with Crippen molar-refractivity contribution in [2.45, 2.75) is 50.1 Å². The van der Waals surface area contributed by atoms with Crippen molar-refractivity contribution in [3.8, 4) is 0 Å². The monoisotopic (exact) mass is 432 g/mol. The standard InChI is InChI=1S/C24H27F3N2O2/c25-24(26,27)20-8-4-5-18(15-20)17-29-13-11-23(12-14-29)10-9-21(31-23)16-28-22(30)19-6-2-1-3-7-19/h1-8,15,21H,9-14,16-17H2,(H,28,30)/t21-/m0/s1. The van der Waals surface area contributed by atoms with E-state index in [2.05, 4.69) is 10.2 Å². The molecular weight excluding hydrogens is 405 g/mol. The summed E-state index contributed by atoms with van der Waals surface area (Å²) in [6.07, 6.45) is -0.740. The van der Waals surface area contributed by atoms with Crippen molar-refractivity contribution < 1.29 is 22.7 Å². The van der Waals surface area contributed by atoms with E-state index in [1.54, 1.807) is 18.2 Å². The Morgan fingerprint density at radius 3 is 2.52 bits per heavy atom. The lowest BCUT2D eigenvalue weighted by Gasteiger charge is -2.39. The summed E-state index contributed by atoms with van der Waals surface area (Å²) >= 11 is 0. The molecule has 166 valence electrons. The Labute approximate surface area is 180 Å². The number of piperidine rings is 1. The maximum absolute atomic E-state index is 12.9. The molecule has 0 bridgehead atoms. The summed E-state index contributed by atoms with van der Waals surface area (Å²) in [4.78, 5) is 14.4. The molecule has 2 aliphatic heterocycles. The number of alkyl halides is 3. The van der Waals surface area contributed by atoms with Crippen LogP contribution < -0.4 is 5.32 Å². The molecule has 7 heteroatoms. The van der Waals surface area contributed by atoms with Crippen LogP contribution in [-0.2, 0) is 17.5 Å². The second-order valence-corrected chi connectivity index (χ2v) is 8.51. The molecule has 0 unspecified atom stereocenters. The largest absolute Gasteiger partial charge is 0.416 e. The average Bonchev–Trinajstić information content (AvgIpc) is 3.17. The zero-order valence-corrected chi connectivity index (χ0v) is 17.3. The minimum Gasteiger partial charge on any atom is -0.370 e. The highest BCUT2D eigenvalue weighted by Gasteiger charge is 2.42. The van der Waals surface area contributed by atoms with Crippen LogP contribution in [0.1, 0.15) is 47.2 Å². The van der Waals surface area contributed by atoms with E-state index < -0.39 is 11.7 Å². The molecule has 1 N–H and O–H groups in total. The van der Waals surface area contributed by atoms with Crippen molar-refractivity contribution in [3.63, 3.8) is 0 Å². The Balaban J connectivity index is 1.25. The highest BCUT2D eigenvalue weighted by Crippen LogP contribution is 2.39. The molecule has 0 aliphatic carbocycles. The van der Waals surface area contributed by atoms with Crippen molar-refractivity contribution in [1.82, 2.24) is 10.2 Å². The Bertz CT molecular complexity index is 893. The topological polar surface area (TPSA) is 41.6 Å². The number of hydrogen-bond donors (Lipinski definition) is 1. The van der Waals surface area contributed by atoms with E-state index in [-0.39, 0.29) is 17.6 Å². The predicted molar refractivity (Wildman–Crippen MR) is 112 cm³/mol. The molecule has 0 saturated carbocycles. The molecule has 2 saturated heterocycles.